The maximum atomic E-state index is 13.7. The molecule has 1 amide bonds. The largest absolute Gasteiger partial charge is 0.349 e. The quantitative estimate of drug-likeness (QED) is 0.896. The molecule has 0 aliphatic heterocycles. The summed E-state index contributed by atoms with van der Waals surface area (Å²) in [5, 5.41) is 3.03. The summed E-state index contributed by atoms with van der Waals surface area (Å²) in [4.78, 5) is 12.3. The maximum Gasteiger partial charge on any atom is 0.224 e. The minimum absolute atomic E-state index is 0.0471. The van der Waals surface area contributed by atoms with E-state index in [2.05, 4.69) is 5.32 Å². The van der Waals surface area contributed by atoms with Crippen LogP contribution in [0.4, 0.5) is 8.78 Å². The second-order valence-corrected chi connectivity index (χ2v) is 6.26. The summed E-state index contributed by atoms with van der Waals surface area (Å²) in [6.45, 7) is 0.421. The van der Waals surface area contributed by atoms with Gasteiger partial charge in [0.05, 0.1) is 5.54 Å². The molecule has 2 saturated carbocycles. The van der Waals surface area contributed by atoms with Gasteiger partial charge in [-0.3, -0.25) is 4.79 Å². The van der Waals surface area contributed by atoms with Gasteiger partial charge in [-0.15, -0.1) is 0 Å². The monoisotopic (exact) mass is 294 g/mol. The Hall–Kier alpha value is -1.49. The molecule has 2 unspecified atom stereocenters. The molecule has 0 heterocycles. The molecular formula is C16H20F2N2O. The lowest BCUT2D eigenvalue weighted by Gasteiger charge is -2.28. The summed E-state index contributed by atoms with van der Waals surface area (Å²) in [6, 6.07) is 3.82. The fraction of sp³-hybridized carbons (Fsp3) is 0.562. The molecule has 2 atom stereocenters. The van der Waals surface area contributed by atoms with Gasteiger partial charge < -0.3 is 11.1 Å². The smallest absolute Gasteiger partial charge is 0.224 e. The fourth-order valence-electron chi connectivity index (χ4n) is 3.45. The van der Waals surface area contributed by atoms with Gasteiger partial charge >= 0.3 is 0 Å². The zero-order valence-corrected chi connectivity index (χ0v) is 11.9. The zero-order chi connectivity index (χ0) is 15.0. The highest BCUT2D eigenvalue weighted by atomic mass is 19.1. The molecule has 3 nitrogen and oxygen atoms in total. The number of hydrogen-bond acceptors (Lipinski definition) is 2. The molecule has 1 aromatic rings. The zero-order valence-electron chi connectivity index (χ0n) is 11.9. The lowest BCUT2D eigenvalue weighted by Crippen LogP contribution is -2.52. The molecule has 0 spiro atoms. The Morgan fingerprint density at radius 1 is 1.29 bits per heavy atom. The molecule has 3 N–H and O–H groups in total. The van der Waals surface area contributed by atoms with E-state index in [1.54, 1.807) is 0 Å². The number of nitrogens with two attached hydrogens (primary N) is 1. The fourth-order valence-corrected chi connectivity index (χ4v) is 3.45. The van der Waals surface area contributed by atoms with Gasteiger partial charge in [0.25, 0.3) is 0 Å². The van der Waals surface area contributed by atoms with E-state index in [-0.39, 0.29) is 28.8 Å². The van der Waals surface area contributed by atoms with Crippen LogP contribution in [0.1, 0.15) is 43.6 Å². The molecule has 21 heavy (non-hydrogen) atoms. The Balaban J connectivity index is 1.69. The average molecular weight is 294 g/mol. The number of carbonyl (C=O) groups is 1. The van der Waals surface area contributed by atoms with Crippen molar-refractivity contribution < 1.29 is 13.6 Å². The van der Waals surface area contributed by atoms with Crippen LogP contribution in [0, 0.1) is 17.6 Å². The van der Waals surface area contributed by atoms with Crippen LogP contribution in [-0.4, -0.2) is 18.0 Å². The number of benzene rings is 1. The Morgan fingerprint density at radius 3 is 2.48 bits per heavy atom. The number of nitrogens with one attached hydrogen (secondary N) is 1. The first-order valence-corrected chi connectivity index (χ1v) is 7.52. The summed E-state index contributed by atoms with van der Waals surface area (Å²) < 4.78 is 27.5. The van der Waals surface area contributed by atoms with Gasteiger partial charge in [-0.05, 0) is 31.4 Å². The van der Waals surface area contributed by atoms with E-state index < -0.39 is 11.6 Å². The van der Waals surface area contributed by atoms with E-state index in [9.17, 15) is 13.6 Å². The van der Waals surface area contributed by atoms with E-state index >= 15 is 0 Å². The van der Waals surface area contributed by atoms with Crippen LogP contribution < -0.4 is 11.1 Å². The molecule has 0 aromatic heterocycles. The minimum Gasteiger partial charge on any atom is -0.349 e. The molecule has 2 aliphatic carbocycles. The van der Waals surface area contributed by atoms with Crippen molar-refractivity contribution >= 4 is 5.91 Å². The molecule has 2 fully saturated rings. The highest BCUT2D eigenvalue weighted by Gasteiger charge is 2.48. The van der Waals surface area contributed by atoms with E-state index in [0.717, 1.165) is 25.7 Å². The normalized spacial score (nSPS) is 26.6. The number of carbonyl (C=O) groups excluding carboxylic acids is 1. The van der Waals surface area contributed by atoms with Crippen molar-refractivity contribution in [1.29, 1.82) is 0 Å². The average Bonchev–Trinajstić information content (AvgIpc) is 3.10. The predicted octanol–water partition coefficient (Wildman–Crippen LogP) is 2.46. The molecule has 5 heteroatoms. The van der Waals surface area contributed by atoms with Crippen LogP contribution in [0.3, 0.4) is 0 Å². The summed E-state index contributed by atoms with van der Waals surface area (Å²) in [7, 11) is 0. The Morgan fingerprint density at radius 2 is 1.90 bits per heavy atom. The standard InChI is InChI=1S/C16H20F2N2O/c17-12-4-3-5-13(18)14(12)10-8-11(10)15(21)20-16(9-19)6-1-2-7-16/h3-5,10-11H,1-2,6-9,19H2,(H,20,21). The number of hydrogen-bond donors (Lipinski definition) is 2. The van der Waals surface area contributed by atoms with Crippen molar-refractivity contribution in [2.45, 2.75) is 43.6 Å². The lowest BCUT2D eigenvalue weighted by molar-refractivity contribution is -0.124. The third-order valence-corrected chi connectivity index (χ3v) is 4.84. The SMILES string of the molecule is NCC1(NC(=O)C2CC2c2c(F)cccc2F)CCCC1. The number of rotatable bonds is 4. The Labute approximate surface area is 122 Å². The Bertz CT molecular complexity index is 535. The van der Waals surface area contributed by atoms with E-state index in [4.69, 9.17) is 5.73 Å². The van der Waals surface area contributed by atoms with Crippen molar-refractivity contribution in [3.63, 3.8) is 0 Å². The third kappa shape index (κ3) is 2.67. The third-order valence-electron chi connectivity index (χ3n) is 4.84. The predicted molar refractivity (Wildman–Crippen MR) is 75.6 cm³/mol. The highest BCUT2D eigenvalue weighted by molar-refractivity contribution is 5.83. The molecule has 114 valence electrons. The molecule has 0 radical (unpaired) electrons. The second-order valence-electron chi connectivity index (χ2n) is 6.26. The minimum atomic E-state index is -0.565. The summed E-state index contributed by atoms with van der Waals surface area (Å²) in [6.07, 6.45) is 4.41. The van der Waals surface area contributed by atoms with Gasteiger partial charge in [-0.25, -0.2) is 8.78 Å². The molecule has 0 saturated heterocycles. The molecule has 2 aliphatic rings. The van der Waals surface area contributed by atoms with Crippen LogP contribution in [0.2, 0.25) is 0 Å². The van der Waals surface area contributed by atoms with Crippen LogP contribution in [-0.2, 0) is 4.79 Å². The van der Waals surface area contributed by atoms with Crippen molar-refractivity contribution in [2.24, 2.45) is 11.7 Å². The van der Waals surface area contributed by atoms with Gasteiger partial charge in [-0.2, -0.15) is 0 Å². The van der Waals surface area contributed by atoms with Crippen molar-refractivity contribution in [3.05, 3.63) is 35.4 Å². The van der Waals surface area contributed by atoms with Gasteiger partial charge in [0.15, 0.2) is 0 Å². The van der Waals surface area contributed by atoms with E-state index in [1.165, 1.54) is 18.2 Å². The molecule has 0 bridgehead atoms. The topological polar surface area (TPSA) is 55.1 Å². The van der Waals surface area contributed by atoms with Crippen LogP contribution >= 0.6 is 0 Å². The van der Waals surface area contributed by atoms with Crippen LogP contribution in [0.5, 0.6) is 0 Å². The van der Waals surface area contributed by atoms with Gasteiger partial charge in [0.1, 0.15) is 11.6 Å². The van der Waals surface area contributed by atoms with Gasteiger partial charge in [-0.1, -0.05) is 18.9 Å². The summed E-state index contributed by atoms with van der Waals surface area (Å²) >= 11 is 0. The first-order chi connectivity index (χ1) is 10.1. The molecular weight excluding hydrogens is 274 g/mol. The summed E-state index contributed by atoms with van der Waals surface area (Å²) in [5.41, 5.74) is 5.54. The Kier molecular flexibility index (Phi) is 3.69. The van der Waals surface area contributed by atoms with Crippen molar-refractivity contribution in [3.8, 4) is 0 Å². The summed E-state index contributed by atoms with van der Waals surface area (Å²) in [5.74, 6) is -1.92. The number of amides is 1. The second kappa shape index (κ2) is 5.37. The van der Waals surface area contributed by atoms with E-state index in [1.807, 2.05) is 0 Å². The van der Waals surface area contributed by atoms with Crippen molar-refractivity contribution in [2.75, 3.05) is 6.54 Å². The first-order valence-electron chi connectivity index (χ1n) is 7.52. The highest BCUT2D eigenvalue weighted by Crippen LogP contribution is 2.49. The maximum absolute atomic E-state index is 13.7. The van der Waals surface area contributed by atoms with Crippen LogP contribution in [0.25, 0.3) is 0 Å². The van der Waals surface area contributed by atoms with Gasteiger partial charge in [0.2, 0.25) is 5.91 Å². The molecule has 1 aromatic carbocycles. The number of halogens is 2. The van der Waals surface area contributed by atoms with Crippen molar-refractivity contribution in [1.82, 2.24) is 5.32 Å². The molecule has 3 rings (SSSR count). The van der Waals surface area contributed by atoms with Crippen LogP contribution in [0.15, 0.2) is 18.2 Å². The van der Waals surface area contributed by atoms with Gasteiger partial charge in [0, 0.05) is 23.9 Å². The van der Waals surface area contributed by atoms with E-state index in [0.29, 0.717) is 13.0 Å². The first kappa shape index (κ1) is 14.4. The lowest BCUT2D eigenvalue weighted by atomic mass is 9.97.